The molecule has 4 heteroatoms. The maximum absolute atomic E-state index is 8.24. The molecule has 0 amide bonds. The Bertz CT molecular complexity index is 49.7. The normalized spacial score (nSPS) is 15.0. The van der Waals surface area contributed by atoms with Crippen LogP contribution >= 0.6 is 0 Å². The molecular weight excluding hydrogens is 132 g/mol. The average molecular weight is 150 g/mol. The first-order valence-electron chi connectivity index (χ1n) is 3.30. The van der Waals surface area contributed by atoms with Crippen LogP contribution in [0.5, 0.6) is 0 Å². The lowest BCUT2D eigenvalue weighted by Gasteiger charge is -1.91. The zero-order valence-electron chi connectivity index (χ0n) is 6.62. The van der Waals surface area contributed by atoms with Crippen LogP contribution in [0.2, 0.25) is 0 Å². The highest BCUT2D eigenvalue weighted by atomic mass is 16.3. The maximum atomic E-state index is 8.24. The minimum Gasteiger partial charge on any atom is -0.392 e. The minimum atomic E-state index is -0.338. The van der Waals surface area contributed by atoms with E-state index in [4.69, 9.17) is 21.7 Å². The molecule has 0 aromatic carbocycles. The van der Waals surface area contributed by atoms with Gasteiger partial charge in [-0.3, -0.25) is 0 Å². The molecule has 0 unspecified atom stereocenters. The summed E-state index contributed by atoms with van der Waals surface area (Å²) < 4.78 is 0. The van der Waals surface area contributed by atoms with Gasteiger partial charge in [-0.15, -0.1) is 0 Å². The van der Waals surface area contributed by atoms with Crippen molar-refractivity contribution in [1.82, 2.24) is 0 Å². The molecule has 0 radical (unpaired) electrons. The molecule has 0 aromatic heterocycles. The highest BCUT2D eigenvalue weighted by Gasteiger charge is 1.82. The molecule has 0 bridgehead atoms. The number of rotatable bonds is 2. The van der Waals surface area contributed by atoms with E-state index in [2.05, 4.69) is 0 Å². The minimum absolute atomic E-state index is 0.338. The molecule has 4 nitrogen and oxygen atoms in total. The van der Waals surface area contributed by atoms with Crippen molar-refractivity contribution in [2.75, 3.05) is 13.1 Å². The summed E-state index contributed by atoms with van der Waals surface area (Å²) in [5.74, 6) is 0. The van der Waals surface area contributed by atoms with E-state index in [0.717, 1.165) is 0 Å². The predicted molar refractivity (Wildman–Crippen MR) is 41.5 cm³/mol. The van der Waals surface area contributed by atoms with E-state index in [0.29, 0.717) is 13.1 Å². The van der Waals surface area contributed by atoms with Crippen LogP contribution in [-0.2, 0) is 0 Å². The lowest BCUT2D eigenvalue weighted by molar-refractivity contribution is 0.203. The van der Waals surface area contributed by atoms with Gasteiger partial charge in [-0.2, -0.15) is 0 Å². The third-order valence-corrected chi connectivity index (χ3v) is 0.682. The molecule has 6 N–H and O–H groups in total. The summed E-state index contributed by atoms with van der Waals surface area (Å²) in [6.45, 7) is 4.03. The van der Waals surface area contributed by atoms with Gasteiger partial charge in [-0.05, 0) is 13.8 Å². The second-order valence-electron chi connectivity index (χ2n) is 2.17. The highest BCUT2D eigenvalue weighted by Crippen LogP contribution is 1.66. The zero-order valence-corrected chi connectivity index (χ0v) is 6.62. The largest absolute Gasteiger partial charge is 0.392 e. The van der Waals surface area contributed by atoms with Gasteiger partial charge in [-0.25, -0.2) is 0 Å². The Balaban J connectivity index is 0. The molecule has 0 aromatic rings. The fraction of sp³-hybridized carbons (Fsp3) is 1.00. The topological polar surface area (TPSA) is 92.5 Å². The smallest absolute Gasteiger partial charge is 0.0634 e. The maximum Gasteiger partial charge on any atom is 0.0634 e. The van der Waals surface area contributed by atoms with Gasteiger partial charge in [0.05, 0.1) is 12.2 Å². The van der Waals surface area contributed by atoms with Crippen molar-refractivity contribution >= 4 is 0 Å². The van der Waals surface area contributed by atoms with Crippen molar-refractivity contribution in [1.29, 1.82) is 0 Å². The molecule has 64 valence electrons. The summed E-state index contributed by atoms with van der Waals surface area (Å²) in [5.41, 5.74) is 9.84. The molecule has 0 rings (SSSR count). The summed E-state index contributed by atoms with van der Waals surface area (Å²) in [5, 5.41) is 16.5. The van der Waals surface area contributed by atoms with E-state index >= 15 is 0 Å². The first kappa shape index (κ1) is 12.5. The van der Waals surface area contributed by atoms with Gasteiger partial charge < -0.3 is 21.7 Å². The van der Waals surface area contributed by atoms with E-state index < -0.39 is 0 Å². The second-order valence-corrected chi connectivity index (χ2v) is 2.17. The van der Waals surface area contributed by atoms with Crippen molar-refractivity contribution in [3.63, 3.8) is 0 Å². The van der Waals surface area contributed by atoms with E-state index in [1.165, 1.54) is 0 Å². The van der Waals surface area contributed by atoms with E-state index in [1.54, 1.807) is 13.8 Å². The quantitative estimate of drug-likeness (QED) is 0.391. The highest BCUT2D eigenvalue weighted by molar-refractivity contribution is 4.40. The SMILES string of the molecule is C[C@H](O)CN.C[C@H](O)CN. The van der Waals surface area contributed by atoms with Crippen molar-refractivity contribution < 1.29 is 10.2 Å². The second kappa shape index (κ2) is 8.84. The molecule has 10 heavy (non-hydrogen) atoms. The Morgan fingerprint density at radius 2 is 1.10 bits per heavy atom. The molecule has 0 saturated carbocycles. The van der Waals surface area contributed by atoms with Crippen LogP contribution in [-0.4, -0.2) is 35.5 Å². The monoisotopic (exact) mass is 150 g/mol. The van der Waals surface area contributed by atoms with Crippen LogP contribution in [0.1, 0.15) is 13.8 Å². The standard InChI is InChI=1S/2C3H9NO/c2*1-3(5)2-4/h2*3,5H,2,4H2,1H3/t2*3-/m00/s1. The molecule has 2 atom stereocenters. The Labute approximate surface area is 61.8 Å². The van der Waals surface area contributed by atoms with Gasteiger partial charge in [0.15, 0.2) is 0 Å². The molecule has 0 spiro atoms. The van der Waals surface area contributed by atoms with Crippen LogP contribution in [0.4, 0.5) is 0 Å². The first-order valence-corrected chi connectivity index (χ1v) is 3.30. The van der Waals surface area contributed by atoms with Gasteiger partial charge in [0.25, 0.3) is 0 Å². The molecule has 0 heterocycles. The van der Waals surface area contributed by atoms with Gasteiger partial charge in [0, 0.05) is 13.1 Å². The fourth-order valence-electron chi connectivity index (χ4n) is 0. The Morgan fingerprint density at radius 3 is 1.10 bits per heavy atom. The summed E-state index contributed by atoms with van der Waals surface area (Å²) in [6.07, 6.45) is -0.676. The van der Waals surface area contributed by atoms with Gasteiger partial charge in [0.1, 0.15) is 0 Å². The Kier molecular flexibility index (Phi) is 11.1. The van der Waals surface area contributed by atoms with Crippen molar-refractivity contribution in [2.24, 2.45) is 11.5 Å². The zero-order chi connectivity index (χ0) is 8.57. The molecule has 0 saturated heterocycles. The summed E-state index contributed by atoms with van der Waals surface area (Å²) in [4.78, 5) is 0. The lowest BCUT2D eigenvalue weighted by Crippen LogP contribution is -2.14. The molecule has 0 aliphatic heterocycles. The number of aliphatic hydroxyl groups is 2. The van der Waals surface area contributed by atoms with E-state index in [9.17, 15) is 0 Å². The van der Waals surface area contributed by atoms with Crippen LogP contribution < -0.4 is 11.5 Å². The third-order valence-electron chi connectivity index (χ3n) is 0.682. The van der Waals surface area contributed by atoms with Crippen molar-refractivity contribution in [3.8, 4) is 0 Å². The van der Waals surface area contributed by atoms with Crippen LogP contribution in [0, 0.1) is 0 Å². The van der Waals surface area contributed by atoms with Crippen LogP contribution in [0.15, 0.2) is 0 Å². The fourth-order valence-corrected chi connectivity index (χ4v) is 0. The summed E-state index contributed by atoms with van der Waals surface area (Å²) in [6, 6.07) is 0. The Morgan fingerprint density at radius 1 is 1.00 bits per heavy atom. The predicted octanol–water partition coefficient (Wildman–Crippen LogP) is -1.35. The molecule has 0 aliphatic carbocycles. The molecule has 0 fully saturated rings. The Hall–Kier alpha value is -0.160. The summed E-state index contributed by atoms with van der Waals surface area (Å²) in [7, 11) is 0. The van der Waals surface area contributed by atoms with Gasteiger partial charge in [0.2, 0.25) is 0 Å². The molecule has 0 aliphatic rings. The summed E-state index contributed by atoms with van der Waals surface area (Å²) >= 11 is 0. The number of hydrogen-bond donors (Lipinski definition) is 4. The van der Waals surface area contributed by atoms with Crippen LogP contribution in [0.3, 0.4) is 0 Å². The van der Waals surface area contributed by atoms with Crippen molar-refractivity contribution in [2.45, 2.75) is 26.1 Å². The van der Waals surface area contributed by atoms with Gasteiger partial charge in [-0.1, -0.05) is 0 Å². The third kappa shape index (κ3) is 24.9. The first-order chi connectivity index (χ1) is 4.54. The number of nitrogens with two attached hydrogens (primary N) is 2. The lowest BCUT2D eigenvalue weighted by atomic mass is 10.4. The van der Waals surface area contributed by atoms with E-state index in [1.807, 2.05) is 0 Å². The average Bonchev–Trinajstić information content (AvgIpc) is 1.89. The number of aliphatic hydroxyl groups excluding tert-OH is 2. The van der Waals surface area contributed by atoms with E-state index in [-0.39, 0.29) is 12.2 Å². The van der Waals surface area contributed by atoms with Gasteiger partial charge >= 0.3 is 0 Å². The molecular formula is C6H18N2O2. The van der Waals surface area contributed by atoms with Crippen LogP contribution in [0.25, 0.3) is 0 Å². The number of hydrogen-bond acceptors (Lipinski definition) is 4. The van der Waals surface area contributed by atoms with Crippen molar-refractivity contribution in [3.05, 3.63) is 0 Å².